The lowest BCUT2D eigenvalue weighted by Gasteiger charge is -2.19. The minimum Gasteiger partial charge on any atom is -0.449 e. The summed E-state index contributed by atoms with van der Waals surface area (Å²) in [6.45, 7) is 3.90. The van der Waals surface area contributed by atoms with Crippen molar-refractivity contribution in [1.29, 1.82) is 0 Å². The maximum atomic E-state index is 11.0. The molecule has 1 saturated heterocycles. The van der Waals surface area contributed by atoms with Crippen molar-refractivity contribution in [3.63, 3.8) is 0 Å². The number of hydrogen-bond acceptors (Lipinski definition) is 3. The maximum Gasteiger partial charge on any atom is 0.406 e. The zero-order chi connectivity index (χ0) is 13.2. The van der Waals surface area contributed by atoms with E-state index in [-0.39, 0.29) is 6.09 Å². The van der Waals surface area contributed by atoms with Crippen LogP contribution in [0.15, 0.2) is 30.3 Å². The molecule has 0 bridgehead atoms. The van der Waals surface area contributed by atoms with E-state index in [1.165, 1.54) is 5.56 Å². The fourth-order valence-corrected chi connectivity index (χ4v) is 3.20. The van der Waals surface area contributed by atoms with Gasteiger partial charge in [0.15, 0.2) is 0 Å². The third-order valence-electron chi connectivity index (χ3n) is 4.31. The SMILES string of the molecule is CNC(=O)OC[C@H]1[C@H]2CN(Cc3ccccc3)C[C@@H]12. The Kier molecular flexibility index (Phi) is 3.42. The second kappa shape index (κ2) is 5.21. The molecule has 3 atom stereocenters. The number of amides is 1. The Hall–Kier alpha value is -1.55. The molecule has 102 valence electrons. The zero-order valence-electron chi connectivity index (χ0n) is 11.2. The molecule has 0 radical (unpaired) electrons. The standard InChI is InChI=1S/C15H20N2O2/c1-16-15(18)19-10-14-12-8-17(9-13(12)14)7-11-5-3-2-4-6-11/h2-6,12-14H,7-10H2,1H3,(H,16,18)/t12-,13+,14-. The summed E-state index contributed by atoms with van der Waals surface area (Å²) in [5.41, 5.74) is 1.38. The van der Waals surface area contributed by atoms with E-state index in [0.29, 0.717) is 12.5 Å². The van der Waals surface area contributed by atoms with Crippen LogP contribution in [0.4, 0.5) is 4.79 Å². The van der Waals surface area contributed by atoms with Crippen molar-refractivity contribution in [2.45, 2.75) is 6.54 Å². The molecular formula is C15H20N2O2. The summed E-state index contributed by atoms with van der Waals surface area (Å²) in [6.07, 6.45) is -0.314. The number of benzene rings is 1. The van der Waals surface area contributed by atoms with Gasteiger partial charge in [0.25, 0.3) is 0 Å². The van der Waals surface area contributed by atoms with Crippen LogP contribution in [-0.2, 0) is 11.3 Å². The van der Waals surface area contributed by atoms with Crippen LogP contribution in [0, 0.1) is 17.8 Å². The molecule has 1 heterocycles. The fraction of sp³-hybridized carbons (Fsp3) is 0.533. The lowest BCUT2D eigenvalue weighted by atomic mass is 10.2. The van der Waals surface area contributed by atoms with Gasteiger partial charge in [0.05, 0.1) is 6.61 Å². The molecule has 1 aliphatic heterocycles. The number of hydrogen-bond donors (Lipinski definition) is 1. The number of carbonyl (C=O) groups is 1. The molecule has 4 heteroatoms. The number of fused-ring (bicyclic) bond motifs is 1. The van der Waals surface area contributed by atoms with Crippen LogP contribution in [0.25, 0.3) is 0 Å². The maximum absolute atomic E-state index is 11.0. The third kappa shape index (κ3) is 2.73. The first-order chi connectivity index (χ1) is 9.28. The van der Waals surface area contributed by atoms with Gasteiger partial charge in [-0.3, -0.25) is 4.90 Å². The summed E-state index contributed by atoms with van der Waals surface area (Å²) in [6, 6.07) is 10.6. The average molecular weight is 260 g/mol. The van der Waals surface area contributed by atoms with Crippen LogP contribution in [0.1, 0.15) is 5.56 Å². The lowest BCUT2D eigenvalue weighted by molar-refractivity contribution is 0.133. The Bertz CT molecular complexity index is 437. The summed E-state index contributed by atoms with van der Waals surface area (Å²) in [5, 5.41) is 2.48. The molecule has 1 amide bonds. The fourth-order valence-electron chi connectivity index (χ4n) is 3.20. The van der Waals surface area contributed by atoms with E-state index >= 15 is 0 Å². The molecule has 4 nitrogen and oxygen atoms in total. The number of carbonyl (C=O) groups excluding carboxylic acids is 1. The van der Waals surface area contributed by atoms with E-state index < -0.39 is 0 Å². The topological polar surface area (TPSA) is 41.6 Å². The van der Waals surface area contributed by atoms with Crippen LogP contribution in [-0.4, -0.2) is 37.7 Å². The zero-order valence-corrected chi connectivity index (χ0v) is 11.2. The molecule has 0 spiro atoms. The van der Waals surface area contributed by atoms with Gasteiger partial charge in [-0.15, -0.1) is 0 Å². The van der Waals surface area contributed by atoms with Crippen LogP contribution >= 0.6 is 0 Å². The highest BCUT2D eigenvalue weighted by Crippen LogP contribution is 2.51. The largest absolute Gasteiger partial charge is 0.449 e. The summed E-state index contributed by atoms with van der Waals surface area (Å²) in [5.74, 6) is 2.05. The number of nitrogens with zero attached hydrogens (tertiary/aromatic N) is 1. The first-order valence-corrected chi connectivity index (χ1v) is 6.88. The van der Waals surface area contributed by atoms with E-state index in [1.807, 2.05) is 0 Å². The van der Waals surface area contributed by atoms with Crippen LogP contribution in [0.3, 0.4) is 0 Å². The number of likely N-dealkylation sites (tertiary alicyclic amines) is 1. The first kappa shape index (κ1) is 12.5. The monoisotopic (exact) mass is 260 g/mol. The lowest BCUT2D eigenvalue weighted by Crippen LogP contribution is -2.26. The summed E-state index contributed by atoms with van der Waals surface area (Å²) >= 11 is 0. The van der Waals surface area contributed by atoms with Gasteiger partial charge >= 0.3 is 6.09 Å². The smallest absolute Gasteiger partial charge is 0.406 e. The van der Waals surface area contributed by atoms with Crippen LogP contribution < -0.4 is 5.32 Å². The molecule has 2 fully saturated rings. The van der Waals surface area contributed by atoms with E-state index in [4.69, 9.17) is 4.74 Å². The first-order valence-electron chi connectivity index (χ1n) is 6.88. The van der Waals surface area contributed by atoms with Crippen molar-refractivity contribution in [2.24, 2.45) is 17.8 Å². The van der Waals surface area contributed by atoms with Crippen molar-refractivity contribution in [2.75, 3.05) is 26.7 Å². The van der Waals surface area contributed by atoms with Crippen molar-refractivity contribution in [3.8, 4) is 0 Å². The number of ether oxygens (including phenoxy) is 1. The van der Waals surface area contributed by atoms with Gasteiger partial charge in [-0.1, -0.05) is 30.3 Å². The van der Waals surface area contributed by atoms with Crippen LogP contribution in [0.5, 0.6) is 0 Å². The average Bonchev–Trinajstić information content (AvgIpc) is 2.90. The summed E-state index contributed by atoms with van der Waals surface area (Å²) in [7, 11) is 1.59. The quantitative estimate of drug-likeness (QED) is 0.896. The molecule has 1 saturated carbocycles. The molecule has 1 N–H and O–H groups in total. The molecule has 0 unspecified atom stereocenters. The molecule has 0 aromatic heterocycles. The van der Waals surface area contributed by atoms with Gasteiger partial charge in [0.2, 0.25) is 0 Å². The van der Waals surface area contributed by atoms with Gasteiger partial charge < -0.3 is 10.1 Å². The van der Waals surface area contributed by atoms with Gasteiger partial charge in [-0.05, 0) is 17.4 Å². The Morgan fingerprint density at radius 3 is 2.63 bits per heavy atom. The van der Waals surface area contributed by atoms with Crippen molar-refractivity contribution < 1.29 is 9.53 Å². The molecule has 1 aromatic rings. The second-order valence-electron chi connectivity index (χ2n) is 5.52. The van der Waals surface area contributed by atoms with Gasteiger partial charge in [-0.25, -0.2) is 4.79 Å². The molecule has 19 heavy (non-hydrogen) atoms. The molecule has 1 aliphatic carbocycles. The third-order valence-corrected chi connectivity index (χ3v) is 4.31. The molecule has 3 rings (SSSR count). The van der Waals surface area contributed by atoms with Gasteiger partial charge in [0.1, 0.15) is 0 Å². The highest BCUT2D eigenvalue weighted by Gasteiger charge is 2.55. The second-order valence-corrected chi connectivity index (χ2v) is 5.52. The Morgan fingerprint density at radius 1 is 1.32 bits per heavy atom. The normalized spacial score (nSPS) is 28.8. The van der Waals surface area contributed by atoms with Gasteiger partial charge in [0, 0.05) is 32.6 Å². The Morgan fingerprint density at radius 2 is 2.00 bits per heavy atom. The highest BCUT2D eigenvalue weighted by molar-refractivity contribution is 5.66. The predicted molar refractivity (Wildman–Crippen MR) is 72.6 cm³/mol. The minimum absolute atomic E-state index is 0.314. The Balaban J connectivity index is 1.42. The Labute approximate surface area is 113 Å². The van der Waals surface area contributed by atoms with Crippen molar-refractivity contribution in [3.05, 3.63) is 35.9 Å². The number of alkyl carbamates (subject to hydrolysis) is 1. The number of piperidine rings is 1. The van der Waals surface area contributed by atoms with E-state index in [2.05, 4.69) is 40.5 Å². The van der Waals surface area contributed by atoms with E-state index in [0.717, 1.165) is 31.5 Å². The van der Waals surface area contributed by atoms with E-state index in [1.54, 1.807) is 7.05 Å². The van der Waals surface area contributed by atoms with Crippen LogP contribution in [0.2, 0.25) is 0 Å². The van der Waals surface area contributed by atoms with Crippen molar-refractivity contribution in [1.82, 2.24) is 10.2 Å². The molecule has 2 aliphatic rings. The summed E-state index contributed by atoms with van der Waals surface area (Å²) in [4.78, 5) is 13.5. The summed E-state index contributed by atoms with van der Waals surface area (Å²) < 4.78 is 5.14. The van der Waals surface area contributed by atoms with E-state index in [9.17, 15) is 4.79 Å². The number of nitrogens with one attached hydrogen (secondary N) is 1. The highest BCUT2D eigenvalue weighted by atomic mass is 16.5. The molecule has 1 aromatic carbocycles. The molecular weight excluding hydrogens is 240 g/mol. The van der Waals surface area contributed by atoms with Crippen molar-refractivity contribution >= 4 is 6.09 Å². The minimum atomic E-state index is -0.314. The number of rotatable bonds is 4. The van der Waals surface area contributed by atoms with Gasteiger partial charge in [-0.2, -0.15) is 0 Å². The predicted octanol–water partition coefficient (Wildman–Crippen LogP) is 1.72.